The van der Waals surface area contributed by atoms with Crippen LogP contribution in [0.4, 0.5) is 0 Å². The summed E-state index contributed by atoms with van der Waals surface area (Å²) in [5, 5.41) is 10.8. The Balaban J connectivity index is 1.91. The molecule has 4 nitrogen and oxygen atoms in total. The van der Waals surface area contributed by atoms with E-state index in [0.717, 1.165) is 6.42 Å². The Morgan fingerprint density at radius 2 is 2.11 bits per heavy atom. The van der Waals surface area contributed by atoms with Gasteiger partial charge in [-0.3, -0.25) is 0 Å². The fraction of sp³-hybridized carbons (Fsp3) is 0.667. The summed E-state index contributed by atoms with van der Waals surface area (Å²) in [6, 6.07) is 1.55. The van der Waals surface area contributed by atoms with E-state index in [1.54, 1.807) is 11.4 Å². The van der Waals surface area contributed by atoms with E-state index in [-0.39, 0.29) is 11.5 Å². The molecule has 1 aromatic rings. The first-order valence-corrected chi connectivity index (χ1v) is 8.66. The van der Waals surface area contributed by atoms with E-state index in [9.17, 15) is 8.42 Å². The number of hydrogen-bond donors (Lipinski definition) is 2. The van der Waals surface area contributed by atoms with E-state index in [1.165, 1.54) is 37.0 Å². The molecule has 0 aliphatic heterocycles. The third kappa shape index (κ3) is 3.32. The summed E-state index contributed by atoms with van der Waals surface area (Å²) in [5.41, 5.74) is 0. The van der Waals surface area contributed by atoms with Gasteiger partial charge in [0.25, 0.3) is 0 Å². The van der Waals surface area contributed by atoms with E-state index >= 15 is 0 Å². The first kappa shape index (κ1) is 14.0. The van der Waals surface area contributed by atoms with Crippen molar-refractivity contribution >= 4 is 21.4 Å². The minimum Gasteiger partial charge on any atom is -0.391 e. The van der Waals surface area contributed by atoms with Crippen LogP contribution in [0.15, 0.2) is 16.3 Å². The Bertz CT molecular complexity index is 475. The molecule has 1 aliphatic carbocycles. The molecule has 0 saturated heterocycles. The summed E-state index contributed by atoms with van der Waals surface area (Å²) in [6.07, 6.45) is 5.91. The lowest BCUT2D eigenvalue weighted by Gasteiger charge is -2.10. The van der Waals surface area contributed by atoms with Crippen LogP contribution in [0.5, 0.6) is 0 Å². The summed E-state index contributed by atoms with van der Waals surface area (Å²) in [5.74, 6) is 0.674. The van der Waals surface area contributed by atoms with Crippen LogP contribution < -0.4 is 4.72 Å². The number of thiophene rings is 1. The van der Waals surface area contributed by atoms with Crippen LogP contribution in [0.3, 0.4) is 0 Å². The van der Waals surface area contributed by atoms with Gasteiger partial charge < -0.3 is 5.11 Å². The quantitative estimate of drug-likeness (QED) is 0.843. The van der Waals surface area contributed by atoms with Crippen molar-refractivity contribution in [1.82, 2.24) is 4.72 Å². The molecule has 1 fully saturated rings. The highest BCUT2D eigenvalue weighted by Gasteiger charge is 2.20. The smallest absolute Gasteiger partial charge is 0.241 e. The second-order valence-corrected chi connectivity index (χ2v) is 7.44. The van der Waals surface area contributed by atoms with Gasteiger partial charge in [0.1, 0.15) is 0 Å². The van der Waals surface area contributed by atoms with Gasteiger partial charge in [-0.05, 0) is 23.8 Å². The molecule has 1 aliphatic rings. The van der Waals surface area contributed by atoms with Crippen molar-refractivity contribution in [3.8, 4) is 0 Å². The summed E-state index contributed by atoms with van der Waals surface area (Å²) >= 11 is 1.27. The first-order valence-electron chi connectivity index (χ1n) is 6.30. The zero-order valence-corrected chi connectivity index (χ0v) is 11.9. The van der Waals surface area contributed by atoms with Gasteiger partial charge in [0.05, 0.1) is 11.5 Å². The molecule has 0 unspecified atom stereocenters. The molecule has 102 valence electrons. The predicted molar refractivity (Wildman–Crippen MR) is 72.0 cm³/mol. The van der Waals surface area contributed by atoms with Crippen LogP contribution in [0, 0.1) is 5.92 Å². The number of hydrogen-bond acceptors (Lipinski definition) is 4. The van der Waals surface area contributed by atoms with Gasteiger partial charge in [-0.15, -0.1) is 11.3 Å². The number of nitrogens with one attached hydrogen (secondary N) is 1. The van der Waals surface area contributed by atoms with Crippen LogP contribution in [-0.2, 0) is 16.6 Å². The Hall–Kier alpha value is -0.430. The third-order valence-electron chi connectivity index (χ3n) is 3.46. The van der Waals surface area contributed by atoms with E-state index in [0.29, 0.717) is 17.3 Å². The monoisotopic (exact) mass is 289 g/mol. The summed E-state index contributed by atoms with van der Waals surface area (Å²) < 4.78 is 26.7. The Labute approximate surface area is 112 Å². The van der Waals surface area contributed by atoms with Gasteiger partial charge >= 0.3 is 0 Å². The van der Waals surface area contributed by atoms with Crippen molar-refractivity contribution in [3.05, 3.63) is 16.3 Å². The predicted octanol–water partition coefficient (Wildman–Crippen LogP) is 2.10. The molecule has 0 amide bonds. The SMILES string of the molecule is O=S(=O)(NCCC1CCCC1)c1ccsc1CO. The Morgan fingerprint density at radius 1 is 1.39 bits per heavy atom. The fourth-order valence-electron chi connectivity index (χ4n) is 2.46. The molecule has 1 heterocycles. The number of sulfonamides is 1. The van der Waals surface area contributed by atoms with Gasteiger partial charge in [0.15, 0.2) is 0 Å². The fourth-order valence-corrected chi connectivity index (χ4v) is 4.80. The van der Waals surface area contributed by atoms with Crippen LogP contribution >= 0.6 is 11.3 Å². The highest BCUT2D eigenvalue weighted by Crippen LogP contribution is 2.27. The number of aliphatic hydroxyl groups is 1. The molecule has 18 heavy (non-hydrogen) atoms. The van der Waals surface area contributed by atoms with Crippen LogP contribution in [0.2, 0.25) is 0 Å². The summed E-state index contributed by atoms with van der Waals surface area (Å²) in [6.45, 7) is 0.268. The molecular formula is C12H19NO3S2. The lowest BCUT2D eigenvalue weighted by atomic mass is 10.1. The Morgan fingerprint density at radius 3 is 2.78 bits per heavy atom. The maximum absolute atomic E-state index is 12.0. The van der Waals surface area contributed by atoms with Gasteiger partial charge in [0, 0.05) is 11.4 Å². The highest BCUT2D eigenvalue weighted by molar-refractivity contribution is 7.89. The summed E-state index contributed by atoms with van der Waals surface area (Å²) in [7, 11) is -3.45. The molecule has 0 radical (unpaired) electrons. The topological polar surface area (TPSA) is 66.4 Å². The minimum atomic E-state index is -3.45. The van der Waals surface area contributed by atoms with E-state index < -0.39 is 10.0 Å². The maximum atomic E-state index is 12.0. The minimum absolute atomic E-state index is 0.224. The van der Waals surface area contributed by atoms with E-state index in [2.05, 4.69) is 4.72 Å². The van der Waals surface area contributed by atoms with Crippen molar-refractivity contribution in [2.75, 3.05) is 6.54 Å². The standard InChI is InChI=1S/C12H19NO3S2/c14-9-11-12(6-8-17-11)18(15,16)13-7-5-10-3-1-2-4-10/h6,8,10,13-14H,1-5,7,9H2. The van der Waals surface area contributed by atoms with Crippen LogP contribution in [0.25, 0.3) is 0 Å². The second-order valence-electron chi connectivity index (χ2n) is 4.70. The van der Waals surface area contributed by atoms with Crippen LogP contribution in [0.1, 0.15) is 37.0 Å². The molecule has 0 atom stereocenters. The molecule has 1 aromatic heterocycles. The van der Waals surface area contributed by atoms with Gasteiger partial charge in [-0.2, -0.15) is 0 Å². The van der Waals surface area contributed by atoms with Gasteiger partial charge in [-0.1, -0.05) is 25.7 Å². The van der Waals surface area contributed by atoms with Gasteiger partial charge in [0.2, 0.25) is 10.0 Å². The lowest BCUT2D eigenvalue weighted by molar-refractivity contribution is 0.282. The molecule has 0 spiro atoms. The van der Waals surface area contributed by atoms with Gasteiger partial charge in [-0.25, -0.2) is 13.1 Å². The third-order valence-corrected chi connectivity index (χ3v) is 6.04. The Kier molecular flexibility index (Phi) is 4.77. The molecular weight excluding hydrogens is 270 g/mol. The first-order chi connectivity index (χ1) is 8.63. The van der Waals surface area contributed by atoms with E-state index in [1.807, 2.05) is 0 Å². The van der Waals surface area contributed by atoms with Crippen molar-refractivity contribution in [2.45, 2.75) is 43.6 Å². The zero-order valence-electron chi connectivity index (χ0n) is 10.3. The molecule has 2 N–H and O–H groups in total. The van der Waals surface area contributed by atoms with Crippen molar-refractivity contribution in [3.63, 3.8) is 0 Å². The zero-order chi connectivity index (χ0) is 13.0. The molecule has 6 heteroatoms. The lowest BCUT2D eigenvalue weighted by Crippen LogP contribution is -2.26. The van der Waals surface area contributed by atoms with Crippen molar-refractivity contribution in [2.24, 2.45) is 5.92 Å². The molecule has 1 saturated carbocycles. The average molecular weight is 289 g/mol. The average Bonchev–Trinajstić information content (AvgIpc) is 2.99. The van der Waals surface area contributed by atoms with Crippen molar-refractivity contribution < 1.29 is 13.5 Å². The highest BCUT2D eigenvalue weighted by atomic mass is 32.2. The van der Waals surface area contributed by atoms with Crippen molar-refractivity contribution in [1.29, 1.82) is 0 Å². The largest absolute Gasteiger partial charge is 0.391 e. The second kappa shape index (κ2) is 6.14. The number of rotatable bonds is 6. The summed E-state index contributed by atoms with van der Waals surface area (Å²) in [4.78, 5) is 0.727. The molecule has 2 rings (SSSR count). The maximum Gasteiger partial charge on any atom is 0.241 e. The van der Waals surface area contributed by atoms with E-state index in [4.69, 9.17) is 5.11 Å². The molecule has 0 bridgehead atoms. The normalized spacial score (nSPS) is 17.4. The van der Waals surface area contributed by atoms with Crippen LogP contribution in [-0.4, -0.2) is 20.1 Å². The number of aliphatic hydroxyl groups excluding tert-OH is 1. The molecule has 0 aromatic carbocycles.